The molecule has 5 heterocycles. The van der Waals surface area contributed by atoms with Crippen LogP contribution in [-0.4, -0.2) is 59.4 Å². The maximum Gasteiger partial charge on any atom is 0.192 e. The van der Waals surface area contributed by atoms with Crippen LogP contribution in [0, 0.1) is 5.92 Å². The number of aryl methyl sites for hydroxylation is 1. The Morgan fingerprint density at radius 3 is 2.37 bits per heavy atom. The first-order chi connectivity index (χ1) is 21.5. The maximum absolute atomic E-state index is 7.34. The fourth-order valence-electron chi connectivity index (χ4n) is 6.97. The Labute approximate surface area is 282 Å². The van der Waals surface area contributed by atoms with E-state index in [1.54, 1.807) is 0 Å². The minimum atomic E-state index is -1.98. The van der Waals surface area contributed by atoms with Gasteiger partial charge in [-0.05, 0) is 61.8 Å². The summed E-state index contributed by atoms with van der Waals surface area (Å²) in [5, 5.41) is 6.53. The summed E-state index contributed by atoms with van der Waals surface area (Å²) < 4.78 is 17.0. The van der Waals surface area contributed by atoms with Gasteiger partial charge in [0.25, 0.3) is 0 Å². The van der Waals surface area contributed by atoms with E-state index in [0.29, 0.717) is 30.4 Å². The highest BCUT2D eigenvalue weighted by molar-refractivity contribution is 6.76. The second-order valence-corrected chi connectivity index (χ2v) is 27.4. The summed E-state index contributed by atoms with van der Waals surface area (Å²) in [6, 6.07) is 6.35. The third-order valence-electron chi connectivity index (χ3n) is 10.7. The molecule has 0 amide bonds. The molecule has 2 aliphatic heterocycles. The van der Waals surface area contributed by atoms with Gasteiger partial charge >= 0.3 is 0 Å². The number of piperidine rings is 1. The summed E-state index contributed by atoms with van der Waals surface area (Å²) >= 11 is 7.34. The van der Waals surface area contributed by atoms with E-state index >= 15 is 0 Å². The van der Waals surface area contributed by atoms with Crippen LogP contribution in [0.25, 0.3) is 33.2 Å². The summed E-state index contributed by atoms with van der Waals surface area (Å²) in [6.45, 7) is 22.5. The molecule has 2 fully saturated rings. The van der Waals surface area contributed by atoms with E-state index in [-0.39, 0.29) is 5.04 Å². The normalized spacial score (nSPS) is 20.8. The van der Waals surface area contributed by atoms with Crippen molar-refractivity contribution in [3.05, 3.63) is 35.2 Å². The van der Waals surface area contributed by atoms with Gasteiger partial charge in [0.1, 0.15) is 18.1 Å². The van der Waals surface area contributed by atoms with Gasteiger partial charge < -0.3 is 18.6 Å². The highest BCUT2D eigenvalue weighted by Crippen LogP contribution is 2.43. The van der Waals surface area contributed by atoms with Crippen LogP contribution in [0.1, 0.15) is 59.1 Å². The smallest absolute Gasteiger partial charge is 0.192 e. The predicted molar refractivity (Wildman–Crippen MR) is 196 cm³/mol. The zero-order chi connectivity index (χ0) is 33.2. The van der Waals surface area contributed by atoms with Crippen molar-refractivity contribution in [1.29, 1.82) is 0 Å². The van der Waals surface area contributed by atoms with Crippen molar-refractivity contribution < 1.29 is 9.16 Å². The van der Waals surface area contributed by atoms with Gasteiger partial charge in [0, 0.05) is 56.5 Å². The van der Waals surface area contributed by atoms with Gasteiger partial charge in [-0.1, -0.05) is 65.0 Å². The molecule has 0 radical (unpaired) electrons. The van der Waals surface area contributed by atoms with Gasteiger partial charge in [0.05, 0.1) is 29.0 Å². The largest absolute Gasteiger partial charge is 0.411 e. The minimum absolute atomic E-state index is 0.110. The van der Waals surface area contributed by atoms with Gasteiger partial charge in [0.2, 0.25) is 0 Å². The summed E-state index contributed by atoms with van der Waals surface area (Å²) in [5.74, 6) is 1.75. The van der Waals surface area contributed by atoms with E-state index in [2.05, 4.69) is 88.2 Å². The quantitative estimate of drug-likeness (QED) is 0.123. The van der Waals surface area contributed by atoms with E-state index in [0.717, 1.165) is 63.3 Å². The molecule has 3 atom stereocenters. The number of anilines is 1. The Balaban J connectivity index is 1.40. The third-order valence-corrected chi connectivity index (χ3v) is 17.3. The van der Waals surface area contributed by atoms with Crippen molar-refractivity contribution in [3.8, 4) is 11.1 Å². The van der Waals surface area contributed by atoms with Crippen LogP contribution in [0.4, 0.5) is 5.82 Å². The monoisotopic (exact) mass is 680 g/mol. The third kappa shape index (κ3) is 6.44. The van der Waals surface area contributed by atoms with Crippen molar-refractivity contribution in [1.82, 2.24) is 24.3 Å². The Morgan fingerprint density at radius 1 is 1.02 bits per heavy atom. The van der Waals surface area contributed by atoms with Crippen LogP contribution >= 0.6 is 11.6 Å². The zero-order valence-corrected chi connectivity index (χ0v) is 32.3. The van der Waals surface area contributed by atoms with Crippen LogP contribution < -0.4 is 4.90 Å². The van der Waals surface area contributed by atoms with Gasteiger partial charge in [-0.15, -0.1) is 0 Å². The van der Waals surface area contributed by atoms with Crippen LogP contribution in [0.15, 0.2) is 24.5 Å². The van der Waals surface area contributed by atoms with Crippen LogP contribution in [0.2, 0.25) is 48.8 Å². The van der Waals surface area contributed by atoms with Gasteiger partial charge in [-0.25, -0.2) is 9.97 Å². The Bertz CT molecular complexity index is 1720. The molecule has 0 spiro atoms. The molecule has 3 aromatic heterocycles. The number of halogens is 1. The lowest BCUT2D eigenvalue weighted by Gasteiger charge is -2.38. The first-order valence-corrected chi connectivity index (χ1v) is 24.0. The van der Waals surface area contributed by atoms with Crippen molar-refractivity contribution in [2.75, 3.05) is 11.5 Å². The van der Waals surface area contributed by atoms with Gasteiger partial charge in [-0.2, -0.15) is 5.10 Å². The van der Waals surface area contributed by atoms with Crippen molar-refractivity contribution in [2.45, 2.75) is 123 Å². The molecule has 1 aromatic carbocycles. The lowest BCUT2D eigenvalue weighted by atomic mass is 9.92. The van der Waals surface area contributed by atoms with Crippen LogP contribution in [-0.2, 0) is 29.5 Å². The molecule has 0 saturated carbocycles. The summed E-state index contributed by atoms with van der Waals surface area (Å²) in [6.07, 6.45) is 9.05. The second kappa shape index (κ2) is 12.3. The zero-order valence-electron chi connectivity index (χ0n) is 29.6. The molecule has 2 saturated heterocycles. The number of benzene rings is 1. The minimum Gasteiger partial charge on any atom is -0.411 e. The molecule has 8 nitrogen and oxygen atoms in total. The Kier molecular flexibility index (Phi) is 9.02. The first-order valence-electron chi connectivity index (χ1n) is 17.0. The SMILES string of the molecule is CC1C[C@H]2CC[C@@H](C1)N2c1cnc2c(-c3ccc4nn(C)c(CO[Si](C)(C)C(C)(C)C)c4c3Cl)cn(COCC[Si](C)(C)C)c2n1. The molecular formula is C35H53ClN6O2Si2. The summed E-state index contributed by atoms with van der Waals surface area (Å²) in [4.78, 5) is 13.0. The molecule has 0 aliphatic carbocycles. The maximum atomic E-state index is 7.34. The molecule has 4 aromatic rings. The van der Waals surface area contributed by atoms with Crippen LogP contribution in [0.5, 0.6) is 0 Å². The van der Waals surface area contributed by atoms with E-state index in [1.165, 1.54) is 25.7 Å². The number of aromatic nitrogens is 5. The second-order valence-electron chi connectivity index (χ2n) is 16.6. The van der Waals surface area contributed by atoms with Crippen LogP contribution in [0.3, 0.4) is 0 Å². The number of rotatable bonds is 10. The number of nitrogens with zero attached hydrogens (tertiary/aromatic N) is 6. The number of fused-ring (bicyclic) bond motifs is 4. The van der Waals surface area contributed by atoms with Crippen molar-refractivity contribution in [2.24, 2.45) is 13.0 Å². The molecular weight excluding hydrogens is 628 g/mol. The topological polar surface area (TPSA) is 70.2 Å². The van der Waals surface area contributed by atoms with E-state index in [4.69, 9.17) is 35.8 Å². The van der Waals surface area contributed by atoms with Crippen molar-refractivity contribution in [3.63, 3.8) is 0 Å². The first kappa shape index (κ1) is 33.6. The molecule has 1 unspecified atom stereocenters. The molecule has 2 aliphatic rings. The molecule has 6 rings (SSSR count). The lowest BCUT2D eigenvalue weighted by Crippen LogP contribution is -2.43. The van der Waals surface area contributed by atoms with Gasteiger partial charge in [-0.3, -0.25) is 4.68 Å². The average molecular weight is 681 g/mol. The predicted octanol–water partition coefficient (Wildman–Crippen LogP) is 9.24. The lowest BCUT2D eigenvalue weighted by molar-refractivity contribution is 0.0899. The molecule has 0 N–H and O–H groups in total. The number of ether oxygens (including phenoxy) is 1. The number of hydrogen-bond acceptors (Lipinski definition) is 6. The fraction of sp³-hybridized carbons (Fsp3) is 0.629. The highest BCUT2D eigenvalue weighted by atomic mass is 35.5. The molecule has 2 bridgehead atoms. The van der Waals surface area contributed by atoms with Gasteiger partial charge in [0.15, 0.2) is 14.0 Å². The average Bonchev–Trinajstić information content (AvgIpc) is 3.57. The fourth-order valence-corrected chi connectivity index (χ4v) is 9.03. The van der Waals surface area contributed by atoms with E-state index in [1.807, 2.05) is 17.9 Å². The van der Waals surface area contributed by atoms with E-state index < -0.39 is 16.4 Å². The molecule has 250 valence electrons. The number of hydrogen-bond donors (Lipinski definition) is 0. The standard InChI is InChI=1S/C35H53ClN6O2Si2/c1-23-17-24-11-12-25(18-23)42(24)30-19-37-33-27(20-41(34(33)38-30)22-43-15-16-45(6,7)8)26-13-14-28-31(32(26)36)29(40(5)39-28)21-44-46(9,10)35(2,3)4/h13-14,19-20,23-25H,11-12,15-18,21-22H2,1-10H3/t23?,24-,25+. The molecule has 11 heteroatoms. The molecule has 46 heavy (non-hydrogen) atoms. The Hall–Kier alpha value is -2.25. The van der Waals surface area contributed by atoms with E-state index in [9.17, 15) is 0 Å². The Morgan fingerprint density at radius 2 is 1.72 bits per heavy atom. The summed E-state index contributed by atoms with van der Waals surface area (Å²) in [5.41, 5.74) is 5.45. The summed E-state index contributed by atoms with van der Waals surface area (Å²) in [7, 11) is -1.21. The highest BCUT2D eigenvalue weighted by Gasteiger charge is 2.40. The van der Waals surface area contributed by atoms with Crippen molar-refractivity contribution >= 4 is 55.9 Å².